The number of carboxylic acid groups (broad SMARTS) is 1. The molecule has 0 atom stereocenters. The van der Waals surface area contributed by atoms with Crippen molar-refractivity contribution in [1.82, 2.24) is 9.55 Å². The lowest BCUT2D eigenvalue weighted by atomic mass is 10.2. The Balaban J connectivity index is 2.35. The van der Waals surface area contributed by atoms with Crippen LogP contribution in [0.2, 0.25) is 0 Å². The summed E-state index contributed by atoms with van der Waals surface area (Å²) in [5.41, 5.74) is 0.832. The summed E-state index contributed by atoms with van der Waals surface area (Å²) in [6.45, 7) is 4.18. The average Bonchev–Trinajstić information content (AvgIpc) is 2.82. The minimum atomic E-state index is -1.20. The van der Waals surface area contributed by atoms with Crippen molar-refractivity contribution in [2.45, 2.75) is 33.2 Å². The maximum Gasteiger partial charge on any atom is 0.341 e. The number of aromatic nitrogens is 2. The first kappa shape index (κ1) is 14.5. The number of carbonyl (C=O) groups is 1. The van der Waals surface area contributed by atoms with Gasteiger partial charge in [-0.3, -0.25) is 4.79 Å². The number of thiazole rings is 1. The van der Waals surface area contributed by atoms with Gasteiger partial charge in [-0.05, 0) is 31.9 Å². The van der Waals surface area contributed by atoms with Crippen molar-refractivity contribution in [2.75, 3.05) is 0 Å². The van der Waals surface area contributed by atoms with Crippen LogP contribution in [-0.4, -0.2) is 20.6 Å². The van der Waals surface area contributed by atoms with Gasteiger partial charge in [0.2, 0.25) is 0 Å². The van der Waals surface area contributed by atoms with Crippen molar-refractivity contribution >= 4 is 17.3 Å². The smallest absolute Gasteiger partial charge is 0.341 e. The summed E-state index contributed by atoms with van der Waals surface area (Å²) in [5, 5.41) is 12.0. The molecule has 1 N–H and O–H groups in total. The van der Waals surface area contributed by atoms with Gasteiger partial charge in [0.25, 0.3) is 5.56 Å². The summed E-state index contributed by atoms with van der Waals surface area (Å²) in [5.74, 6) is -1.20. The summed E-state index contributed by atoms with van der Waals surface area (Å²) >= 11 is 1.57. The highest BCUT2D eigenvalue weighted by Gasteiger charge is 2.13. The van der Waals surface area contributed by atoms with Crippen LogP contribution < -0.4 is 5.56 Å². The molecule has 0 aliphatic rings. The fraction of sp³-hybridized carbons (Fsp3) is 0.357. The third-order valence-corrected chi connectivity index (χ3v) is 3.96. The van der Waals surface area contributed by atoms with Crippen LogP contribution >= 0.6 is 11.3 Å². The Kier molecular flexibility index (Phi) is 4.34. The standard InChI is InChI=1S/C14H16N2O3S/c1-3-4-12-15-10(8-20-12)7-16-9(2)5-6-11(13(16)17)14(18)19/h5-6,8H,3-4,7H2,1-2H3,(H,18,19). The van der Waals surface area contributed by atoms with Gasteiger partial charge in [0.05, 0.1) is 17.2 Å². The van der Waals surface area contributed by atoms with Crippen molar-refractivity contribution < 1.29 is 9.90 Å². The summed E-state index contributed by atoms with van der Waals surface area (Å²) in [7, 11) is 0. The Morgan fingerprint density at radius 3 is 2.85 bits per heavy atom. The molecule has 6 heteroatoms. The van der Waals surface area contributed by atoms with Gasteiger partial charge in [-0.25, -0.2) is 9.78 Å². The molecule has 0 saturated heterocycles. The lowest BCUT2D eigenvalue weighted by Gasteiger charge is -2.09. The van der Waals surface area contributed by atoms with Gasteiger partial charge in [0.1, 0.15) is 5.56 Å². The summed E-state index contributed by atoms with van der Waals surface area (Å²) in [4.78, 5) is 27.6. The second-order valence-corrected chi connectivity index (χ2v) is 5.51. The zero-order valence-electron chi connectivity index (χ0n) is 11.4. The van der Waals surface area contributed by atoms with E-state index in [1.165, 1.54) is 10.6 Å². The van der Waals surface area contributed by atoms with E-state index in [1.54, 1.807) is 24.3 Å². The molecular formula is C14H16N2O3S. The van der Waals surface area contributed by atoms with Gasteiger partial charge in [0, 0.05) is 11.1 Å². The van der Waals surface area contributed by atoms with Gasteiger partial charge >= 0.3 is 5.97 Å². The lowest BCUT2D eigenvalue weighted by molar-refractivity contribution is 0.0694. The van der Waals surface area contributed by atoms with Gasteiger partial charge in [-0.15, -0.1) is 11.3 Å². The lowest BCUT2D eigenvalue weighted by Crippen LogP contribution is -2.28. The SMILES string of the molecule is CCCc1nc(Cn2c(C)ccc(C(=O)O)c2=O)cs1. The van der Waals surface area contributed by atoms with Crippen LogP contribution in [0.15, 0.2) is 22.3 Å². The number of aryl methyl sites for hydroxylation is 2. The summed E-state index contributed by atoms with van der Waals surface area (Å²) < 4.78 is 1.45. The number of aromatic carboxylic acids is 1. The molecule has 106 valence electrons. The van der Waals surface area contributed by atoms with Gasteiger partial charge < -0.3 is 9.67 Å². The van der Waals surface area contributed by atoms with E-state index in [4.69, 9.17) is 5.11 Å². The van der Waals surface area contributed by atoms with E-state index in [2.05, 4.69) is 11.9 Å². The zero-order chi connectivity index (χ0) is 14.7. The number of nitrogens with zero attached hydrogens (tertiary/aromatic N) is 2. The molecule has 0 spiro atoms. The van der Waals surface area contributed by atoms with Crippen LogP contribution in [0.4, 0.5) is 0 Å². The third-order valence-electron chi connectivity index (χ3n) is 3.01. The minimum Gasteiger partial charge on any atom is -0.477 e. The van der Waals surface area contributed by atoms with Crippen molar-refractivity contribution in [3.63, 3.8) is 0 Å². The Labute approximate surface area is 120 Å². The first-order valence-electron chi connectivity index (χ1n) is 6.40. The quantitative estimate of drug-likeness (QED) is 0.918. The molecule has 2 heterocycles. The van der Waals surface area contributed by atoms with Crippen LogP contribution in [0.1, 0.15) is 40.1 Å². The molecule has 2 aromatic heterocycles. The van der Waals surface area contributed by atoms with Crippen LogP contribution in [0.5, 0.6) is 0 Å². The first-order valence-corrected chi connectivity index (χ1v) is 7.28. The predicted octanol–water partition coefficient (Wildman–Crippen LogP) is 2.31. The number of hydrogen-bond acceptors (Lipinski definition) is 4. The Morgan fingerprint density at radius 2 is 2.20 bits per heavy atom. The second kappa shape index (κ2) is 6.00. The Hall–Kier alpha value is -1.95. The highest BCUT2D eigenvalue weighted by Crippen LogP contribution is 2.13. The van der Waals surface area contributed by atoms with E-state index in [-0.39, 0.29) is 5.56 Å². The largest absolute Gasteiger partial charge is 0.477 e. The minimum absolute atomic E-state index is 0.209. The average molecular weight is 292 g/mol. The topological polar surface area (TPSA) is 72.2 Å². The molecule has 0 unspecified atom stereocenters. The summed E-state index contributed by atoms with van der Waals surface area (Å²) in [6.07, 6.45) is 1.95. The van der Waals surface area contributed by atoms with E-state index in [9.17, 15) is 9.59 Å². The van der Waals surface area contributed by atoms with Gasteiger partial charge in [-0.2, -0.15) is 0 Å². The maximum atomic E-state index is 12.1. The van der Waals surface area contributed by atoms with Crippen LogP contribution in [-0.2, 0) is 13.0 Å². The predicted molar refractivity (Wildman–Crippen MR) is 77.6 cm³/mol. The molecule has 0 radical (unpaired) electrons. The highest BCUT2D eigenvalue weighted by atomic mass is 32.1. The van der Waals surface area contributed by atoms with Gasteiger partial charge in [0.15, 0.2) is 0 Å². The molecule has 2 rings (SSSR count). The maximum absolute atomic E-state index is 12.1. The van der Waals surface area contributed by atoms with Crippen molar-refractivity contribution in [2.24, 2.45) is 0 Å². The molecule has 0 aliphatic heterocycles. The van der Waals surface area contributed by atoms with Crippen LogP contribution in [0.3, 0.4) is 0 Å². The molecule has 0 fully saturated rings. The van der Waals surface area contributed by atoms with E-state index >= 15 is 0 Å². The number of carboxylic acids is 1. The third kappa shape index (κ3) is 2.96. The molecule has 5 nitrogen and oxygen atoms in total. The summed E-state index contributed by atoms with van der Waals surface area (Å²) in [6, 6.07) is 2.99. The molecule has 0 bridgehead atoms. The van der Waals surface area contributed by atoms with Crippen LogP contribution in [0.25, 0.3) is 0 Å². The van der Waals surface area contributed by atoms with E-state index in [0.29, 0.717) is 6.54 Å². The fourth-order valence-electron chi connectivity index (χ4n) is 1.94. The number of rotatable bonds is 5. The van der Waals surface area contributed by atoms with Crippen molar-refractivity contribution in [3.05, 3.63) is 49.8 Å². The van der Waals surface area contributed by atoms with E-state index in [0.717, 1.165) is 29.2 Å². The molecule has 0 saturated carbocycles. The Bertz CT molecular complexity index is 688. The second-order valence-electron chi connectivity index (χ2n) is 4.57. The fourth-order valence-corrected chi connectivity index (χ4v) is 2.83. The molecule has 0 aliphatic carbocycles. The van der Waals surface area contributed by atoms with E-state index < -0.39 is 11.5 Å². The molecule has 0 aromatic carbocycles. The van der Waals surface area contributed by atoms with Crippen molar-refractivity contribution in [3.8, 4) is 0 Å². The highest BCUT2D eigenvalue weighted by molar-refractivity contribution is 7.09. The first-order chi connectivity index (χ1) is 9.52. The molecule has 2 aromatic rings. The normalized spacial score (nSPS) is 10.7. The number of hydrogen-bond donors (Lipinski definition) is 1. The van der Waals surface area contributed by atoms with E-state index in [1.807, 2.05) is 5.38 Å². The monoisotopic (exact) mass is 292 g/mol. The number of pyridine rings is 1. The Morgan fingerprint density at radius 1 is 1.45 bits per heavy atom. The zero-order valence-corrected chi connectivity index (χ0v) is 12.2. The molecule has 20 heavy (non-hydrogen) atoms. The van der Waals surface area contributed by atoms with Crippen LogP contribution in [0, 0.1) is 6.92 Å². The molecule has 0 amide bonds. The van der Waals surface area contributed by atoms with Gasteiger partial charge in [-0.1, -0.05) is 6.92 Å². The molecular weight excluding hydrogens is 276 g/mol. The van der Waals surface area contributed by atoms with Crippen molar-refractivity contribution in [1.29, 1.82) is 0 Å².